The molecule has 0 aromatic heterocycles. The molecule has 2 aromatic rings. The molecule has 1 N–H and O–H groups in total. The summed E-state index contributed by atoms with van der Waals surface area (Å²) >= 11 is 0. The standard InChI is InChI=1S/C23H31N5O5S/c1-16-12-17(2)23(18(3)13-16)24-22(29)15-26(5)20-7-6-19(14-21(20)28(30)31)34(32,33)27-10-8-25(4)9-11-27/h6-7,12-14H,8-11,15H2,1-5H3,(H,24,29). The quantitative estimate of drug-likeness (QED) is 0.469. The molecule has 3 rings (SSSR count). The first kappa shape index (κ1) is 25.6. The third-order valence-electron chi connectivity index (χ3n) is 5.98. The van der Waals surface area contributed by atoms with Gasteiger partial charge in [0.15, 0.2) is 0 Å². The van der Waals surface area contributed by atoms with Gasteiger partial charge in [0.05, 0.1) is 16.4 Å². The van der Waals surface area contributed by atoms with Crippen molar-refractivity contribution in [1.29, 1.82) is 0 Å². The SMILES string of the molecule is Cc1cc(C)c(NC(=O)CN(C)c2ccc(S(=O)(=O)N3CCN(C)CC3)cc2[N+](=O)[O-])c(C)c1. The number of nitro benzene ring substituents is 1. The van der Waals surface area contributed by atoms with E-state index < -0.39 is 14.9 Å². The average molecular weight is 490 g/mol. The molecule has 0 atom stereocenters. The highest BCUT2D eigenvalue weighted by Crippen LogP contribution is 2.31. The molecule has 11 heteroatoms. The number of likely N-dealkylation sites (N-methyl/N-ethyl adjacent to an activating group) is 2. The third kappa shape index (κ3) is 5.54. The van der Waals surface area contributed by atoms with Crippen LogP contribution in [0.3, 0.4) is 0 Å². The van der Waals surface area contributed by atoms with E-state index in [2.05, 4.69) is 5.32 Å². The predicted octanol–water partition coefficient (Wildman–Crippen LogP) is 2.53. The predicted molar refractivity (Wildman–Crippen MR) is 132 cm³/mol. The van der Waals surface area contributed by atoms with Crippen molar-refractivity contribution < 1.29 is 18.1 Å². The van der Waals surface area contributed by atoms with E-state index in [0.29, 0.717) is 31.9 Å². The number of amides is 1. The number of nitrogens with zero attached hydrogens (tertiary/aromatic N) is 4. The molecule has 0 bridgehead atoms. The van der Waals surface area contributed by atoms with E-state index in [4.69, 9.17) is 0 Å². The van der Waals surface area contributed by atoms with Crippen LogP contribution in [0.1, 0.15) is 16.7 Å². The molecule has 0 saturated carbocycles. The Balaban J connectivity index is 1.81. The number of hydrogen-bond acceptors (Lipinski definition) is 7. The maximum Gasteiger partial charge on any atom is 0.293 e. The zero-order chi connectivity index (χ0) is 25.2. The lowest BCUT2D eigenvalue weighted by Gasteiger charge is -2.31. The number of benzene rings is 2. The van der Waals surface area contributed by atoms with E-state index >= 15 is 0 Å². The van der Waals surface area contributed by atoms with Crippen LogP contribution in [0.4, 0.5) is 17.1 Å². The van der Waals surface area contributed by atoms with Crippen LogP contribution >= 0.6 is 0 Å². The second-order valence-corrected chi connectivity index (χ2v) is 10.7. The Morgan fingerprint density at radius 1 is 1.09 bits per heavy atom. The first-order chi connectivity index (χ1) is 15.9. The Hall–Kier alpha value is -3.02. The number of carbonyl (C=O) groups excluding carboxylic acids is 1. The smallest absolute Gasteiger partial charge is 0.293 e. The van der Waals surface area contributed by atoms with Gasteiger partial charge in [0.1, 0.15) is 5.69 Å². The lowest BCUT2D eigenvalue weighted by molar-refractivity contribution is -0.384. The van der Waals surface area contributed by atoms with E-state index in [0.717, 1.165) is 22.8 Å². The molecule has 1 heterocycles. The van der Waals surface area contributed by atoms with Crippen molar-refractivity contribution in [3.8, 4) is 0 Å². The lowest BCUT2D eigenvalue weighted by atomic mass is 10.1. The number of piperazine rings is 1. The number of nitro groups is 1. The van der Waals surface area contributed by atoms with Crippen LogP contribution in [0.15, 0.2) is 35.2 Å². The van der Waals surface area contributed by atoms with Crippen molar-refractivity contribution >= 4 is 33.0 Å². The largest absolute Gasteiger partial charge is 0.360 e. The number of aryl methyl sites for hydroxylation is 3. The molecule has 184 valence electrons. The number of anilines is 2. The fourth-order valence-electron chi connectivity index (χ4n) is 4.17. The Morgan fingerprint density at radius 3 is 2.24 bits per heavy atom. The molecule has 1 amide bonds. The topological polar surface area (TPSA) is 116 Å². The summed E-state index contributed by atoms with van der Waals surface area (Å²) in [4.78, 5) is 27.2. The van der Waals surface area contributed by atoms with Crippen molar-refractivity contribution in [2.24, 2.45) is 0 Å². The maximum atomic E-state index is 13.0. The highest BCUT2D eigenvalue weighted by atomic mass is 32.2. The summed E-state index contributed by atoms with van der Waals surface area (Å²) in [5.74, 6) is -0.332. The van der Waals surface area contributed by atoms with Gasteiger partial charge in [-0.25, -0.2) is 8.42 Å². The summed E-state index contributed by atoms with van der Waals surface area (Å²) in [7, 11) is -0.382. The van der Waals surface area contributed by atoms with Gasteiger partial charge < -0.3 is 15.1 Å². The van der Waals surface area contributed by atoms with E-state index in [-0.39, 0.29) is 28.7 Å². The van der Waals surface area contributed by atoms with Crippen LogP contribution in [0.25, 0.3) is 0 Å². The Labute approximate surface area is 200 Å². The Morgan fingerprint density at radius 2 is 1.68 bits per heavy atom. The molecule has 34 heavy (non-hydrogen) atoms. The first-order valence-electron chi connectivity index (χ1n) is 11.0. The van der Waals surface area contributed by atoms with Gasteiger partial charge in [-0.15, -0.1) is 0 Å². The number of sulfonamides is 1. The molecular weight excluding hydrogens is 458 g/mol. The summed E-state index contributed by atoms with van der Waals surface area (Å²) < 4.78 is 27.4. The van der Waals surface area contributed by atoms with Gasteiger partial charge in [-0.2, -0.15) is 4.31 Å². The van der Waals surface area contributed by atoms with E-state index in [1.54, 1.807) is 7.05 Å². The second kappa shape index (κ2) is 10.1. The molecule has 1 aliphatic rings. The van der Waals surface area contributed by atoms with Crippen molar-refractivity contribution in [3.05, 3.63) is 57.1 Å². The van der Waals surface area contributed by atoms with Crippen LogP contribution in [0, 0.1) is 30.9 Å². The summed E-state index contributed by atoms with van der Waals surface area (Å²) in [6.45, 7) is 7.49. The van der Waals surface area contributed by atoms with Crippen LogP contribution in [-0.2, 0) is 14.8 Å². The number of nitrogens with one attached hydrogen (secondary N) is 1. The number of carbonyl (C=O) groups is 1. The van der Waals surface area contributed by atoms with Gasteiger partial charge in [-0.3, -0.25) is 14.9 Å². The highest BCUT2D eigenvalue weighted by Gasteiger charge is 2.30. The van der Waals surface area contributed by atoms with Gasteiger partial charge in [0.25, 0.3) is 5.69 Å². The fourth-order valence-corrected chi connectivity index (χ4v) is 5.61. The molecule has 0 radical (unpaired) electrons. The minimum atomic E-state index is -3.86. The van der Waals surface area contributed by atoms with E-state index in [9.17, 15) is 23.3 Å². The van der Waals surface area contributed by atoms with E-state index in [1.807, 2.05) is 44.9 Å². The molecule has 10 nitrogen and oxygen atoms in total. The highest BCUT2D eigenvalue weighted by molar-refractivity contribution is 7.89. The zero-order valence-corrected chi connectivity index (χ0v) is 21.0. The van der Waals surface area contributed by atoms with Gasteiger partial charge >= 0.3 is 0 Å². The molecule has 0 aliphatic carbocycles. The first-order valence-corrected chi connectivity index (χ1v) is 12.4. The minimum absolute atomic E-state index is 0.128. The normalized spacial score (nSPS) is 15.2. The van der Waals surface area contributed by atoms with Crippen molar-refractivity contribution in [3.63, 3.8) is 0 Å². The van der Waals surface area contributed by atoms with Crippen LogP contribution in [0.2, 0.25) is 0 Å². The van der Waals surface area contributed by atoms with Gasteiger partial charge in [-0.05, 0) is 51.1 Å². The minimum Gasteiger partial charge on any atom is -0.360 e. The molecule has 1 fully saturated rings. The van der Waals surface area contributed by atoms with Crippen LogP contribution in [-0.4, -0.2) is 75.3 Å². The summed E-state index contributed by atoms with van der Waals surface area (Å²) in [5.41, 5.74) is 3.46. The fraction of sp³-hybridized carbons (Fsp3) is 0.435. The van der Waals surface area contributed by atoms with Gasteiger partial charge in [0.2, 0.25) is 15.9 Å². The van der Waals surface area contributed by atoms with Crippen molar-refractivity contribution in [2.75, 3.05) is 57.0 Å². The summed E-state index contributed by atoms with van der Waals surface area (Å²) in [5, 5.41) is 14.7. The van der Waals surface area contributed by atoms with Gasteiger partial charge in [-0.1, -0.05) is 17.7 Å². The second-order valence-electron chi connectivity index (χ2n) is 8.79. The molecule has 2 aromatic carbocycles. The van der Waals surface area contributed by atoms with Crippen LogP contribution < -0.4 is 10.2 Å². The Bertz CT molecular complexity index is 1180. The van der Waals surface area contributed by atoms with Gasteiger partial charge in [0, 0.05) is 45.0 Å². The van der Waals surface area contributed by atoms with E-state index in [1.165, 1.54) is 21.3 Å². The monoisotopic (exact) mass is 489 g/mol. The molecule has 1 saturated heterocycles. The van der Waals surface area contributed by atoms with Crippen molar-refractivity contribution in [1.82, 2.24) is 9.21 Å². The zero-order valence-electron chi connectivity index (χ0n) is 20.2. The third-order valence-corrected chi connectivity index (χ3v) is 7.87. The number of hydrogen-bond donors (Lipinski definition) is 1. The molecule has 1 aliphatic heterocycles. The molecule has 0 spiro atoms. The summed E-state index contributed by atoms with van der Waals surface area (Å²) in [6.07, 6.45) is 0. The van der Waals surface area contributed by atoms with Crippen LogP contribution in [0.5, 0.6) is 0 Å². The molecule has 0 unspecified atom stereocenters. The van der Waals surface area contributed by atoms with Crippen molar-refractivity contribution in [2.45, 2.75) is 25.7 Å². The average Bonchev–Trinajstić information content (AvgIpc) is 2.76. The molecular formula is C23H31N5O5S. The lowest BCUT2D eigenvalue weighted by Crippen LogP contribution is -2.47. The Kier molecular flexibility index (Phi) is 7.59. The maximum absolute atomic E-state index is 13.0. The number of rotatable bonds is 7. The summed E-state index contributed by atoms with van der Waals surface area (Å²) in [6, 6.07) is 7.76.